The molecule has 126 valence electrons. The third-order valence-corrected chi connectivity index (χ3v) is 4.29. The summed E-state index contributed by atoms with van der Waals surface area (Å²) in [7, 11) is 0. The van der Waals surface area contributed by atoms with E-state index in [0.717, 1.165) is 31.2 Å². The Morgan fingerprint density at radius 1 is 1.17 bits per heavy atom. The number of furan rings is 1. The van der Waals surface area contributed by atoms with Crippen LogP contribution in [-0.4, -0.2) is 18.0 Å². The van der Waals surface area contributed by atoms with Crippen molar-refractivity contribution in [3.63, 3.8) is 0 Å². The van der Waals surface area contributed by atoms with Crippen LogP contribution in [0.25, 0.3) is 0 Å². The van der Waals surface area contributed by atoms with Gasteiger partial charge in [0.05, 0.1) is 11.8 Å². The first kappa shape index (κ1) is 16.3. The van der Waals surface area contributed by atoms with Crippen LogP contribution in [-0.2, 0) is 4.74 Å². The van der Waals surface area contributed by atoms with Crippen molar-refractivity contribution in [2.45, 2.75) is 45.1 Å². The Labute approximate surface area is 141 Å². The Kier molecular flexibility index (Phi) is 4.99. The molecule has 1 amide bonds. The molecule has 1 aliphatic rings. The smallest absolute Gasteiger partial charge is 0.338 e. The molecule has 1 aromatic heterocycles. The lowest BCUT2D eigenvalue weighted by Crippen LogP contribution is -2.21. The van der Waals surface area contributed by atoms with E-state index < -0.39 is 0 Å². The first-order chi connectivity index (χ1) is 11.6. The van der Waals surface area contributed by atoms with E-state index in [9.17, 15) is 9.59 Å². The molecule has 1 fully saturated rings. The highest BCUT2D eigenvalue weighted by atomic mass is 16.5. The number of benzene rings is 1. The molecule has 0 atom stereocenters. The van der Waals surface area contributed by atoms with Gasteiger partial charge in [-0.2, -0.15) is 0 Å². The summed E-state index contributed by atoms with van der Waals surface area (Å²) < 4.78 is 10.7. The molecule has 0 bridgehead atoms. The molecular formula is C19H21NO4. The number of hydrogen-bond donors (Lipinski definition) is 1. The summed E-state index contributed by atoms with van der Waals surface area (Å²) in [6.45, 7) is 1.87. The van der Waals surface area contributed by atoms with E-state index in [1.165, 1.54) is 12.7 Å². The number of amides is 1. The maximum absolute atomic E-state index is 12.3. The van der Waals surface area contributed by atoms with E-state index in [1.54, 1.807) is 30.3 Å². The summed E-state index contributed by atoms with van der Waals surface area (Å²) >= 11 is 0. The number of anilines is 1. The van der Waals surface area contributed by atoms with Crippen LogP contribution in [0.15, 0.2) is 41.0 Å². The van der Waals surface area contributed by atoms with Gasteiger partial charge in [-0.1, -0.05) is 12.5 Å². The quantitative estimate of drug-likeness (QED) is 0.849. The molecule has 1 aliphatic carbocycles. The van der Waals surface area contributed by atoms with E-state index >= 15 is 0 Å². The Morgan fingerprint density at radius 3 is 2.67 bits per heavy atom. The van der Waals surface area contributed by atoms with Crippen molar-refractivity contribution in [3.8, 4) is 0 Å². The molecule has 1 heterocycles. The largest absolute Gasteiger partial charge is 0.459 e. The van der Waals surface area contributed by atoms with E-state index in [-0.39, 0.29) is 23.7 Å². The Balaban J connectivity index is 1.70. The van der Waals surface area contributed by atoms with E-state index in [0.29, 0.717) is 11.3 Å². The SMILES string of the molecule is Cc1ccc(C(=O)OC2CCCCC2)cc1NC(=O)c1ccco1. The van der Waals surface area contributed by atoms with Gasteiger partial charge in [-0.3, -0.25) is 4.79 Å². The molecular weight excluding hydrogens is 306 g/mol. The van der Waals surface area contributed by atoms with Crippen molar-refractivity contribution < 1.29 is 18.7 Å². The molecule has 5 nitrogen and oxygen atoms in total. The highest BCUT2D eigenvalue weighted by molar-refractivity contribution is 6.03. The number of rotatable bonds is 4. The average molecular weight is 327 g/mol. The maximum Gasteiger partial charge on any atom is 0.338 e. The van der Waals surface area contributed by atoms with Gasteiger partial charge in [0.25, 0.3) is 5.91 Å². The highest BCUT2D eigenvalue weighted by Gasteiger charge is 2.19. The number of ether oxygens (including phenoxy) is 1. The molecule has 0 radical (unpaired) electrons. The topological polar surface area (TPSA) is 68.5 Å². The molecule has 2 aromatic rings. The standard InChI is InChI=1S/C19H21NO4/c1-13-9-10-14(19(22)24-15-6-3-2-4-7-15)12-16(13)20-18(21)17-8-5-11-23-17/h5,8-12,15H,2-4,6-7H2,1H3,(H,20,21). The zero-order valence-corrected chi connectivity index (χ0v) is 13.7. The van der Waals surface area contributed by atoms with E-state index in [2.05, 4.69) is 5.32 Å². The molecule has 0 aliphatic heterocycles. The van der Waals surface area contributed by atoms with Gasteiger partial charge in [0.2, 0.25) is 0 Å². The lowest BCUT2D eigenvalue weighted by Gasteiger charge is -2.22. The van der Waals surface area contributed by atoms with Gasteiger partial charge in [0, 0.05) is 5.69 Å². The third-order valence-electron chi connectivity index (χ3n) is 4.29. The van der Waals surface area contributed by atoms with Crippen LogP contribution in [0.5, 0.6) is 0 Å². The molecule has 0 saturated heterocycles. The van der Waals surface area contributed by atoms with Crippen molar-refractivity contribution in [1.82, 2.24) is 0 Å². The van der Waals surface area contributed by atoms with Gasteiger partial charge in [0.1, 0.15) is 6.10 Å². The summed E-state index contributed by atoms with van der Waals surface area (Å²) in [5.74, 6) is -0.458. The minimum atomic E-state index is -0.346. The normalized spacial score (nSPS) is 15.0. The molecule has 0 unspecified atom stereocenters. The first-order valence-corrected chi connectivity index (χ1v) is 8.30. The molecule has 0 spiro atoms. The highest BCUT2D eigenvalue weighted by Crippen LogP contribution is 2.23. The zero-order valence-electron chi connectivity index (χ0n) is 13.7. The summed E-state index contributed by atoms with van der Waals surface area (Å²) in [5, 5.41) is 2.77. The third kappa shape index (κ3) is 3.85. The van der Waals surface area contributed by atoms with E-state index in [4.69, 9.17) is 9.15 Å². The van der Waals surface area contributed by atoms with Gasteiger partial charge in [0.15, 0.2) is 5.76 Å². The number of hydrogen-bond acceptors (Lipinski definition) is 4. The van der Waals surface area contributed by atoms with Gasteiger partial charge < -0.3 is 14.5 Å². The van der Waals surface area contributed by atoms with Crippen molar-refractivity contribution in [3.05, 3.63) is 53.5 Å². The van der Waals surface area contributed by atoms with Gasteiger partial charge in [-0.15, -0.1) is 0 Å². The van der Waals surface area contributed by atoms with Crippen molar-refractivity contribution in [2.24, 2.45) is 0 Å². The Morgan fingerprint density at radius 2 is 1.96 bits per heavy atom. The number of esters is 1. The minimum Gasteiger partial charge on any atom is -0.459 e. The number of nitrogens with one attached hydrogen (secondary N) is 1. The molecule has 5 heteroatoms. The summed E-state index contributed by atoms with van der Waals surface area (Å²) in [6.07, 6.45) is 6.74. The van der Waals surface area contributed by atoms with Crippen molar-refractivity contribution in [1.29, 1.82) is 0 Å². The predicted octanol–water partition coefficient (Wildman–Crippen LogP) is 4.33. The number of carbonyl (C=O) groups is 2. The van der Waals surface area contributed by atoms with Gasteiger partial charge in [-0.25, -0.2) is 4.79 Å². The summed E-state index contributed by atoms with van der Waals surface area (Å²) in [4.78, 5) is 24.4. The Hall–Kier alpha value is -2.56. The van der Waals surface area contributed by atoms with Crippen LogP contribution in [0, 0.1) is 6.92 Å². The molecule has 1 aromatic carbocycles. The summed E-state index contributed by atoms with van der Waals surface area (Å²) in [6, 6.07) is 8.42. The maximum atomic E-state index is 12.3. The molecule has 3 rings (SSSR count). The fourth-order valence-electron chi connectivity index (χ4n) is 2.88. The lowest BCUT2D eigenvalue weighted by molar-refractivity contribution is 0.0211. The van der Waals surface area contributed by atoms with Crippen LogP contribution in [0.3, 0.4) is 0 Å². The zero-order chi connectivity index (χ0) is 16.9. The average Bonchev–Trinajstić information content (AvgIpc) is 3.12. The second-order valence-corrected chi connectivity index (χ2v) is 6.13. The van der Waals surface area contributed by atoms with Crippen LogP contribution in [0.4, 0.5) is 5.69 Å². The fourth-order valence-corrected chi connectivity index (χ4v) is 2.88. The van der Waals surface area contributed by atoms with Gasteiger partial charge in [-0.05, 0) is 62.4 Å². The molecule has 24 heavy (non-hydrogen) atoms. The number of aryl methyl sites for hydroxylation is 1. The second kappa shape index (κ2) is 7.34. The van der Waals surface area contributed by atoms with Gasteiger partial charge >= 0.3 is 5.97 Å². The monoisotopic (exact) mass is 327 g/mol. The fraction of sp³-hybridized carbons (Fsp3) is 0.368. The van der Waals surface area contributed by atoms with E-state index in [1.807, 2.05) is 6.92 Å². The summed E-state index contributed by atoms with van der Waals surface area (Å²) in [5.41, 5.74) is 1.89. The minimum absolute atomic E-state index is 0.00807. The second-order valence-electron chi connectivity index (χ2n) is 6.13. The number of carbonyl (C=O) groups excluding carboxylic acids is 2. The Bertz CT molecular complexity index is 715. The van der Waals surface area contributed by atoms with Crippen molar-refractivity contribution in [2.75, 3.05) is 5.32 Å². The van der Waals surface area contributed by atoms with Crippen molar-refractivity contribution >= 4 is 17.6 Å². The van der Waals surface area contributed by atoms with Crippen LogP contribution < -0.4 is 5.32 Å². The predicted molar refractivity (Wildman–Crippen MR) is 90.1 cm³/mol. The van der Waals surface area contributed by atoms with Crippen LogP contribution in [0.2, 0.25) is 0 Å². The van der Waals surface area contributed by atoms with Crippen LogP contribution >= 0.6 is 0 Å². The van der Waals surface area contributed by atoms with Crippen LogP contribution in [0.1, 0.15) is 58.6 Å². The molecule has 1 N–H and O–H groups in total. The molecule has 1 saturated carbocycles. The lowest BCUT2D eigenvalue weighted by atomic mass is 9.98. The first-order valence-electron chi connectivity index (χ1n) is 8.30.